The molecule has 106 valence electrons. The van der Waals surface area contributed by atoms with Crippen molar-refractivity contribution in [1.29, 1.82) is 5.26 Å². The zero-order chi connectivity index (χ0) is 14.8. The summed E-state index contributed by atoms with van der Waals surface area (Å²) in [5.41, 5.74) is 1.60. The molecule has 0 bridgehead atoms. The SMILES string of the molecule is CCCNC(=O)CNC(=O)CCc1ccc(C#N)cc1. The lowest BCUT2D eigenvalue weighted by Gasteiger charge is -2.06. The van der Waals surface area contributed by atoms with Crippen LogP contribution >= 0.6 is 0 Å². The highest BCUT2D eigenvalue weighted by atomic mass is 16.2. The molecule has 0 saturated carbocycles. The first-order chi connectivity index (χ1) is 9.65. The van der Waals surface area contributed by atoms with E-state index in [2.05, 4.69) is 10.6 Å². The average Bonchev–Trinajstić information content (AvgIpc) is 2.49. The zero-order valence-electron chi connectivity index (χ0n) is 11.6. The van der Waals surface area contributed by atoms with Gasteiger partial charge >= 0.3 is 0 Å². The van der Waals surface area contributed by atoms with Crippen molar-refractivity contribution >= 4 is 11.8 Å². The monoisotopic (exact) mass is 273 g/mol. The molecule has 5 nitrogen and oxygen atoms in total. The molecule has 0 saturated heterocycles. The zero-order valence-corrected chi connectivity index (χ0v) is 11.6. The molecule has 1 aromatic carbocycles. The summed E-state index contributed by atoms with van der Waals surface area (Å²) in [5.74, 6) is -0.320. The van der Waals surface area contributed by atoms with Gasteiger partial charge in [0.05, 0.1) is 18.2 Å². The quantitative estimate of drug-likeness (QED) is 0.781. The molecule has 1 aromatic rings. The highest BCUT2D eigenvalue weighted by Gasteiger charge is 2.05. The Balaban J connectivity index is 2.25. The van der Waals surface area contributed by atoms with E-state index in [9.17, 15) is 9.59 Å². The van der Waals surface area contributed by atoms with Crippen molar-refractivity contribution in [2.45, 2.75) is 26.2 Å². The summed E-state index contributed by atoms with van der Waals surface area (Å²) in [4.78, 5) is 22.9. The van der Waals surface area contributed by atoms with Gasteiger partial charge in [-0.25, -0.2) is 0 Å². The normalized spacial score (nSPS) is 9.60. The van der Waals surface area contributed by atoms with E-state index in [1.54, 1.807) is 12.1 Å². The molecule has 2 amide bonds. The maximum atomic E-state index is 11.6. The molecule has 0 unspecified atom stereocenters. The number of hydrogen-bond acceptors (Lipinski definition) is 3. The van der Waals surface area contributed by atoms with Crippen molar-refractivity contribution in [1.82, 2.24) is 10.6 Å². The Hall–Kier alpha value is -2.35. The van der Waals surface area contributed by atoms with Crippen molar-refractivity contribution in [3.05, 3.63) is 35.4 Å². The lowest BCUT2D eigenvalue weighted by atomic mass is 10.1. The van der Waals surface area contributed by atoms with Crippen LogP contribution in [0.4, 0.5) is 0 Å². The number of benzene rings is 1. The molecule has 0 fully saturated rings. The fourth-order valence-electron chi connectivity index (χ4n) is 1.60. The molecule has 0 aliphatic rings. The molecule has 1 rings (SSSR count). The summed E-state index contributed by atoms with van der Waals surface area (Å²) in [7, 11) is 0. The van der Waals surface area contributed by atoms with Crippen LogP contribution in [0.25, 0.3) is 0 Å². The van der Waals surface area contributed by atoms with Gasteiger partial charge in [-0.1, -0.05) is 19.1 Å². The number of aryl methyl sites for hydroxylation is 1. The molecule has 5 heteroatoms. The van der Waals surface area contributed by atoms with Gasteiger partial charge in [0.25, 0.3) is 0 Å². The first kappa shape index (κ1) is 15.7. The number of nitrogens with zero attached hydrogens (tertiary/aromatic N) is 1. The minimum Gasteiger partial charge on any atom is -0.355 e. The lowest BCUT2D eigenvalue weighted by molar-refractivity contribution is -0.126. The number of carbonyl (C=O) groups excluding carboxylic acids is 2. The maximum Gasteiger partial charge on any atom is 0.239 e. The third-order valence-corrected chi connectivity index (χ3v) is 2.74. The molecule has 0 spiro atoms. The molecule has 0 atom stereocenters. The maximum absolute atomic E-state index is 11.6. The lowest BCUT2D eigenvalue weighted by Crippen LogP contribution is -2.37. The molecular formula is C15H19N3O2. The average molecular weight is 273 g/mol. The summed E-state index contributed by atoms with van der Waals surface area (Å²) in [6, 6.07) is 9.17. The Morgan fingerprint density at radius 3 is 2.45 bits per heavy atom. The van der Waals surface area contributed by atoms with Crippen LogP contribution in [0.3, 0.4) is 0 Å². The Kier molecular flexibility index (Phi) is 6.83. The van der Waals surface area contributed by atoms with Gasteiger partial charge in [0.15, 0.2) is 0 Å². The highest BCUT2D eigenvalue weighted by Crippen LogP contribution is 2.05. The van der Waals surface area contributed by atoms with Crippen LogP contribution in [-0.2, 0) is 16.0 Å². The number of amides is 2. The van der Waals surface area contributed by atoms with Gasteiger partial charge in [-0.3, -0.25) is 9.59 Å². The molecule has 20 heavy (non-hydrogen) atoms. The van der Waals surface area contributed by atoms with E-state index in [0.717, 1.165) is 12.0 Å². The van der Waals surface area contributed by atoms with Gasteiger partial charge in [0, 0.05) is 13.0 Å². The first-order valence-corrected chi connectivity index (χ1v) is 6.68. The van der Waals surface area contributed by atoms with Gasteiger partial charge in [-0.2, -0.15) is 5.26 Å². The minimum absolute atomic E-state index is 0.0200. The van der Waals surface area contributed by atoms with Crippen LogP contribution in [0.5, 0.6) is 0 Å². The smallest absolute Gasteiger partial charge is 0.239 e. The van der Waals surface area contributed by atoms with Crippen molar-refractivity contribution in [3.8, 4) is 6.07 Å². The second kappa shape index (κ2) is 8.70. The standard InChI is InChI=1S/C15H19N3O2/c1-2-9-17-15(20)11-18-14(19)8-7-12-3-5-13(10-16)6-4-12/h3-6H,2,7-9,11H2,1H3,(H,17,20)(H,18,19). The van der Waals surface area contributed by atoms with Crippen molar-refractivity contribution in [3.63, 3.8) is 0 Å². The van der Waals surface area contributed by atoms with E-state index in [1.807, 2.05) is 25.1 Å². The predicted octanol–water partition coefficient (Wildman–Crippen LogP) is 1.13. The summed E-state index contributed by atoms with van der Waals surface area (Å²) in [6.07, 6.45) is 1.79. The van der Waals surface area contributed by atoms with Crippen LogP contribution in [0.1, 0.15) is 30.9 Å². The van der Waals surface area contributed by atoms with Crippen LogP contribution in [0.15, 0.2) is 24.3 Å². The Morgan fingerprint density at radius 2 is 1.85 bits per heavy atom. The van der Waals surface area contributed by atoms with Gasteiger partial charge in [-0.15, -0.1) is 0 Å². The summed E-state index contributed by atoms with van der Waals surface area (Å²) in [6.45, 7) is 2.61. The third kappa shape index (κ3) is 6.01. The molecule has 2 N–H and O–H groups in total. The second-order valence-electron chi connectivity index (χ2n) is 4.44. The molecule has 0 heterocycles. The van der Waals surface area contributed by atoms with Crippen molar-refractivity contribution < 1.29 is 9.59 Å². The highest BCUT2D eigenvalue weighted by molar-refractivity contribution is 5.84. The second-order valence-corrected chi connectivity index (χ2v) is 4.44. The van der Waals surface area contributed by atoms with Crippen LogP contribution < -0.4 is 10.6 Å². The van der Waals surface area contributed by atoms with Crippen molar-refractivity contribution in [2.75, 3.05) is 13.1 Å². The molecule has 0 aliphatic heterocycles. The number of nitriles is 1. The Bertz CT molecular complexity index is 489. The molecule has 0 radical (unpaired) electrons. The fraction of sp³-hybridized carbons (Fsp3) is 0.400. The predicted molar refractivity (Wildman–Crippen MR) is 75.8 cm³/mol. The molecule has 0 aliphatic carbocycles. The molecular weight excluding hydrogens is 254 g/mol. The van der Waals surface area contributed by atoms with Gasteiger partial charge in [0.2, 0.25) is 11.8 Å². The molecule has 0 aromatic heterocycles. The van der Waals surface area contributed by atoms with Gasteiger partial charge < -0.3 is 10.6 Å². The summed E-state index contributed by atoms with van der Waals surface area (Å²) >= 11 is 0. The van der Waals surface area contributed by atoms with E-state index >= 15 is 0 Å². The van der Waals surface area contributed by atoms with Crippen LogP contribution in [0, 0.1) is 11.3 Å². The summed E-state index contributed by atoms with van der Waals surface area (Å²) < 4.78 is 0. The topological polar surface area (TPSA) is 82.0 Å². The minimum atomic E-state index is -0.168. The van der Waals surface area contributed by atoms with E-state index < -0.39 is 0 Å². The first-order valence-electron chi connectivity index (χ1n) is 6.68. The van der Waals surface area contributed by atoms with E-state index in [1.165, 1.54) is 0 Å². The number of rotatable bonds is 7. The van der Waals surface area contributed by atoms with Crippen LogP contribution in [0.2, 0.25) is 0 Å². The Morgan fingerprint density at radius 1 is 1.15 bits per heavy atom. The van der Waals surface area contributed by atoms with Crippen molar-refractivity contribution in [2.24, 2.45) is 0 Å². The van der Waals surface area contributed by atoms with E-state index in [0.29, 0.717) is 24.9 Å². The van der Waals surface area contributed by atoms with E-state index in [4.69, 9.17) is 5.26 Å². The number of nitrogens with one attached hydrogen (secondary N) is 2. The number of carbonyl (C=O) groups is 2. The summed E-state index contributed by atoms with van der Waals surface area (Å²) in [5, 5.41) is 13.9. The van der Waals surface area contributed by atoms with Gasteiger partial charge in [0.1, 0.15) is 0 Å². The van der Waals surface area contributed by atoms with E-state index in [-0.39, 0.29) is 18.4 Å². The third-order valence-electron chi connectivity index (χ3n) is 2.74. The van der Waals surface area contributed by atoms with Crippen LogP contribution in [-0.4, -0.2) is 24.9 Å². The number of hydrogen-bond donors (Lipinski definition) is 2. The largest absolute Gasteiger partial charge is 0.355 e. The fourth-order valence-corrected chi connectivity index (χ4v) is 1.60. The Labute approximate surface area is 119 Å². The van der Waals surface area contributed by atoms with Gasteiger partial charge in [-0.05, 0) is 30.5 Å².